The van der Waals surface area contributed by atoms with Crippen molar-refractivity contribution in [2.24, 2.45) is 0 Å². The maximum absolute atomic E-state index is 12.8. The second kappa shape index (κ2) is 8.23. The molecule has 3 aromatic carbocycles. The third-order valence-electron chi connectivity index (χ3n) is 4.61. The van der Waals surface area contributed by atoms with E-state index in [1.165, 1.54) is 5.56 Å². The summed E-state index contributed by atoms with van der Waals surface area (Å²) in [5.41, 5.74) is 3.96. The van der Waals surface area contributed by atoms with Gasteiger partial charge in [-0.1, -0.05) is 66.7 Å². The van der Waals surface area contributed by atoms with Crippen molar-refractivity contribution in [3.63, 3.8) is 0 Å². The van der Waals surface area contributed by atoms with Gasteiger partial charge in [0.1, 0.15) is 0 Å². The van der Waals surface area contributed by atoms with Gasteiger partial charge in [-0.3, -0.25) is 4.79 Å². The molecule has 0 spiro atoms. The molecule has 1 aromatic heterocycles. The van der Waals surface area contributed by atoms with E-state index in [1.54, 1.807) is 6.33 Å². The number of benzene rings is 3. The Labute approximate surface area is 169 Å². The lowest BCUT2D eigenvalue weighted by atomic mass is 10.0. The Kier molecular flexibility index (Phi) is 5.77. The fraction of sp³-hybridized carbons (Fsp3) is 0.0870. The molecular weight excluding hydrogens is 400 g/mol. The van der Waals surface area contributed by atoms with Crippen molar-refractivity contribution in [1.82, 2.24) is 4.98 Å². The summed E-state index contributed by atoms with van der Waals surface area (Å²) in [5, 5.41) is 2.07. The lowest BCUT2D eigenvalue weighted by Crippen LogP contribution is -2.37. The van der Waals surface area contributed by atoms with Gasteiger partial charge in [-0.2, -0.15) is 0 Å². The van der Waals surface area contributed by atoms with E-state index in [9.17, 15) is 4.79 Å². The predicted molar refractivity (Wildman–Crippen MR) is 113 cm³/mol. The Morgan fingerprint density at radius 2 is 1.67 bits per heavy atom. The second-order valence-electron chi connectivity index (χ2n) is 6.38. The fourth-order valence-electron chi connectivity index (χ4n) is 3.22. The molecule has 3 nitrogen and oxygen atoms in total. The first-order chi connectivity index (χ1) is 12.7. The number of aromatic nitrogens is 2. The zero-order valence-corrected chi connectivity index (χ0v) is 16.7. The molecule has 4 aromatic rings. The van der Waals surface area contributed by atoms with Crippen LogP contribution < -0.4 is 4.57 Å². The minimum Gasteiger partial charge on any atom is -0.290 e. The number of hydrogen-bond donors (Lipinski definition) is 0. The van der Waals surface area contributed by atoms with Gasteiger partial charge in [0, 0.05) is 17.2 Å². The quantitative estimate of drug-likeness (QED) is 0.346. The monoisotopic (exact) mass is 419 g/mol. The van der Waals surface area contributed by atoms with E-state index in [1.807, 2.05) is 71.4 Å². The molecule has 0 aliphatic carbocycles. The summed E-state index contributed by atoms with van der Waals surface area (Å²) in [7, 11) is 0. The molecule has 0 atom stereocenters. The molecule has 0 saturated heterocycles. The first kappa shape index (κ1) is 18.9. The third-order valence-corrected chi connectivity index (χ3v) is 4.61. The number of hydrogen-bond acceptors (Lipinski definition) is 2. The largest absolute Gasteiger partial charge is 0.290 e. The van der Waals surface area contributed by atoms with Crippen LogP contribution in [0.4, 0.5) is 0 Å². The van der Waals surface area contributed by atoms with Crippen molar-refractivity contribution in [1.29, 1.82) is 0 Å². The summed E-state index contributed by atoms with van der Waals surface area (Å²) in [5.74, 6) is 0.0808. The lowest BCUT2D eigenvalue weighted by molar-refractivity contribution is -0.686. The zero-order valence-electron chi connectivity index (χ0n) is 15.0. The molecule has 0 bridgehead atoms. The van der Waals surface area contributed by atoms with Crippen LogP contribution in [0.3, 0.4) is 0 Å². The fourth-order valence-corrected chi connectivity index (χ4v) is 3.22. The number of halogens is 1. The molecule has 4 rings (SSSR count). The Bertz CT molecular complexity index is 1090. The van der Waals surface area contributed by atoms with E-state index in [4.69, 9.17) is 0 Å². The highest BCUT2D eigenvalue weighted by Gasteiger charge is 2.14. The van der Waals surface area contributed by atoms with E-state index < -0.39 is 0 Å². The molecule has 0 radical (unpaired) electrons. The molecule has 27 heavy (non-hydrogen) atoms. The number of carbonyl (C=O) groups is 1. The molecular formula is C23H20BrN2O+. The second-order valence-corrected chi connectivity index (χ2v) is 6.38. The van der Waals surface area contributed by atoms with Crippen molar-refractivity contribution in [2.75, 3.05) is 0 Å². The van der Waals surface area contributed by atoms with Gasteiger partial charge in [-0.05, 0) is 28.2 Å². The van der Waals surface area contributed by atoms with Gasteiger partial charge in [0.15, 0.2) is 12.2 Å². The molecule has 0 fully saturated rings. The lowest BCUT2D eigenvalue weighted by Gasteiger charge is -2.05. The summed E-state index contributed by atoms with van der Waals surface area (Å²) in [6, 6.07) is 23.9. The van der Waals surface area contributed by atoms with Crippen molar-refractivity contribution in [2.45, 2.75) is 13.5 Å². The van der Waals surface area contributed by atoms with Crippen molar-refractivity contribution < 1.29 is 9.36 Å². The summed E-state index contributed by atoms with van der Waals surface area (Å²) >= 11 is 0. The molecule has 0 saturated carbocycles. The SMILES string of the molecule is Br.Cc1ccccc1-c1cc[n+](CC(=O)c2cccc3ccccc23)cn1. The highest BCUT2D eigenvalue weighted by Crippen LogP contribution is 2.20. The summed E-state index contributed by atoms with van der Waals surface area (Å²) in [6.07, 6.45) is 3.64. The Morgan fingerprint density at radius 3 is 2.44 bits per heavy atom. The van der Waals surface area contributed by atoms with Gasteiger partial charge in [0.25, 0.3) is 6.33 Å². The summed E-state index contributed by atoms with van der Waals surface area (Å²) in [4.78, 5) is 17.3. The molecule has 1 heterocycles. The Hall–Kier alpha value is -2.85. The number of aryl methyl sites for hydroxylation is 1. The number of Topliss-reactive ketones (excluding diaryl/α,β-unsaturated/α-hetero) is 1. The van der Waals surface area contributed by atoms with Crippen LogP contribution in [0.25, 0.3) is 22.0 Å². The van der Waals surface area contributed by atoms with E-state index in [2.05, 4.69) is 24.0 Å². The van der Waals surface area contributed by atoms with Crippen LogP contribution in [0, 0.1) is 6.92 Å². The average Bonchev–Trinajstić information content (AvgIpc) is 2.68. The van der Waals surface area contributed by atoms with E-state index >= 15 is 0 Å². The van der Waals surface area contributed by atoms with Crippen LogP contribution >= 0.6 is 17.0 Å². The molecule has 0 N–H and O–H groups in total. The number of carbonyl (C=O) groups excluding carboxylic acids is 1. The van der Waals surface area contributed by atoms with Gasteiger partial charge >= 0.3 is 0 Å². The number of nitrogens with zero attached hydrogens (tertiary/aromatic N) is 2. The van der Waals surface area contributed by atoms with Crippen LogP contribution in [0.1, 0.15) is 15.9 Å². The molecule has 4 heteroatoms. The summed E-state index contributed by atoms with van der Waals surface area (Å²) in [6.45, 7) is 2.34. The van der Waals surface area contributed by atoms with E-state index in [0.717, 1.165) is 27.6 Å². The number of rotatable bonds is 4. The minimum absolute atomic E-state index is 0. The smallest absolute Gasteiger partial charge is 0.287 e. The first-order valence-electron chi connectivity index (χ1n) is 8.64. The Morgan fingerprint density at radius 1 is 0.926 bits per heavy atom. The highest BCUT2D eigenvalue weighted by molar-refractivity contribution is 8.93. The minimum atomic E-state index is 0. The molecule has 0 aliphatic heterocycles. The molecule has 134 valence electrons. The van der Waals surface area contributed by atoms with Gasteiger partial charge in [-0.25, -0.2) is 4.57 Å². The van der Waals surface area contributed by atoms with Crippen LogP contribution in [-0.4, -0.2) is 10.8 Å². The van der Waals surface area contributed by atoms with Crippen molar-refractivity contribution >= 4 is 33.5 Å². The highest BCUT2D eigenvalue weighted by atomic mass is 79.9. The Balaban J connectivity index is 0.00000210. The van der Waals surface area contributed by atoms with Gasteiger partial charge in [0.2, 0.25) is 5.78 Å². The van der Waals surface area contributed by atoms with Crippen molar-refractivity contribution in [3.8, 4) is 11.3 Å². The zero-order chi connectivity index (χ0) is 17.9. The van der Waals surface area contributed by atoms with E-state index in [0.29, 0.717) is 0 Å². The maximum Gasteiger partial charge on any atom is 0.287 e. The van der Waals surface area contributed by atoms with Gasteiger partial charge in [-0.15, -0.1) is 17.0 Å². The average molecular weight is 420 g/mol. The van der Waals surface area contributed by atoms with Crippen molar-refractivity contribution in [3.05, 3.63) is 96.4 Å². The van der Waals surface area contributed by atoms with Crippen LogP contribution in [0.5, 0.6) is 0 Å². The predicted octanol–water partition coefficient (Wildman–Crippen LogP) is 4.96. The maximum atomic E-state index is 12.8. The first-order valence-corrected chi connectivity index (χ1v) is 8.64. The van der Waals surface area contributed by atoms with Crippen LogP contribution in [0.2, 0.25) is 0 Å². The summed E-state index contributed by atoms with van der Waals surface area (Å²) < 4.78 is 1.83. The molecule has 0 amide bonds. The normalized spacial score (nSPS) is 10.4. The standard InChI is InChI=1S/C23H19N2O.BrH/c1-17-7-2-4-10-19(17)22-13-14-25(16-24-22)15-23(26)21-12-6-9-18-8-3-5-11-20(18)21;/h2-14,16H,15H2,1H3;1H/q+1;. The van der Waals surface area contributed by atoms with Crippen LogP contribution in [-0.2, 0) is 6.54 Å². The number of ketones is 1. The topological polar surface area (TPSA) is 33.8 Å². The van der Waals surface area contributed by atoms with E-state index in [-0.39, 0.29) is 29.3 Å². The number of fused-ring (bicyclic) bond motifs is 1. The van der Waals surface area contributed by atoms with Gasteiger partial charge < -0.3 is 0 Å². The molecule has 0 unspecified atom stereocenters. The van der Waals surface area contributed by atoms with Gasteiger partial charge in [0.05, 0.1) is 6.20 Å². The third kappa shape index (κ3) is 3.96. The molecule has 0 aliphatic rings. The van der Waals surface area contributed by atoms with Crippen LogP contribution in [0.15, 0.2) is 85.3 Å².